The molecule has 1 aromatic carbocycles. The SMILES string of the molecule is COCC1CC(=O)NC2CC(NC(=O)Cc3ccc(F)cc3)CCC12. The molecule has 1 aromatic rings. The van der Waals surface area contributed by atoms with Gasteiger partial charge >= 0.3 is 0 Å². The van der Waals surface area contributed by atoms with Crippen LogP contribution in [0, 0.1) is 17.7 Å². The first-order valence-corrected chi connectivity index (χ1v) is 8.87. The zero-order valence-electron chi connectivity index (χ0n) is 14.5. The predicted molar refractivity (Wildman–Crippen MR) is 91.3 cm³/mol. The molecule has 5 nitrogen and oxygen atoms in total. The Morgan fingerprint density at radius 1 is 1.32 bits per heavy atom. The van der Waals surface area contributed by atoms with E-state index in [0.29, 0.717) is 18.9 Å². The van der Waals surface area contributed by atoms with E-state index < -0.39 is 0 Å². The molecule has 4 atom stereocenters. The highest BCUT2D eigenvalue weighted by Gasteiger charge is 2.40. The minimum atomic E-state index is -0.305. The molecule has 0 bridgehead atoms. The van der Waals surface area contributed by atoms with Gasteiger partial charge in [-0.05, 0) is 48.8 Å². The Balaban J connectivity index is 1.54. The molecule has 1 aliphatic heterocycles. The summed E-state index contributed by atoms with van der Waals surface area (Å²) in [6.07, 6.45) is 3.40. The van der Waals surface area contributed by atoms with Crippen molar-refractivity contribution in [2.45, 2.75) is 44.2 Å². The predicted octanol–water partition coefficient (Wildman–Crippen LogP) is 1.80. The van der Waals surface area contributed by atoms with E-state index in [1.165, 1.54) is 12.1 Å². The van der Waals surface area contributed by atoms with Crippen molar-refractivity contribution in [2.24, 2.45) is 11.8 Å². The fraction of sp³-hybridized carbons (Fsp3) is 0.579. The first kappa shape index (κ1) is 17.9. The molecule has 1 saturated carbocycles. The van der Waals surface area contributed by atoms with E-state index in [-0.39, 0.29) is 42.1 Å². The average Bonchev–Trinajstić information content (AvgIpc) is 2.56. The molecular weight excluding hydrogens is 323 g/mol. The van der Waals surface area contributed by atoms with Crippen molar-refractivity contribution < 1.29 is 18.7 Å². The van der Waals surface area contributed by atoms with E-state index in [1.54, 1.807) is 19.2 Å². The van der Waals surface area contributed by atoms with Gasteiger partial charge in [0.1, 0.15) is 5.82 Å². The topological polar surface area (TPSA) is 67.4 Å². The molecule has 1 saturated heterocycles. The Bertz CT molecular complexity index is 620. The van der Waals surface area contributed by atoms with E-state index >= 15 is 0 Å². The minimum absolute atomic E-state index is 0.0642. The molecule has 6 heteroatoms. The quantitative estimate of drug-likeness (QED) is 0.853. The van der Waals surface area contributed by atoms with Crippen molar-refractivity contribution in [1.82, 2.24) is 10.6 Å². The van der Waals surface area contributed by atoms with Crippen molar-refractivity contribution in [3.63, 3.8) is 0 Å². The van der Waals surface area contributed by atoms with E-state index in [4.69, 9.17) is 4.74 Å². The van der Waals surface area contributed by atoms with E-state index in [2.05, 4.69) is 10.6 Å². The van der Waals surface area contributed by atoms with Gasteiger partial charge in [0.25, 0.3) is 0 Å². The number of amides is 2. The van der Waals surface area contributed by atoms with Crippen LogP contribution < -0.4 is 10.6 Å². The number of fused-ring (bicyclic) bond motifs is 1. The van der Waals surface area contributed by atoms with Gasteiger partial charge < -0.3 is 15.4 Å². The fourth-order valence-electron chi connectivity index (χ4n) is 4.17. The third-order valence-electron chi connectivity index (χ3n) is 5.33. The number of methoxy groups -OCH3 is 1. The normalized spacial score (nSPS) is 28.8. The van der Waals surface area contributed by atoms with Gasteiger partial charge in [-0.15, -0.1) is 0 Å². The van der Waals surface area contributed by atoms with Gasteiger partial charge in [-0.2, -0.15) is 0 Å². The number of hydrogen-bond donors (Lipinski definition) is 2. The van der Waals surface area contributed by atoms with Gasteiger partial charge in [-0.1, -0.05) is 12.1 Å². The summed E-state index contributed by atoms with van der Waals surface area (Å²) >= 11 is 0. The molecule has 3 rings (SSSR count). The van der Waals surface area contributed by atoms with Crippen LogP contribution in [-0.2, 0) is 20.7 Å². The lowest BCUT2D eigenvalue weighted by Gasteiger charge is -2.43. The molecule has 4 unspecified atom stereocenters. The second kappa shape index (κ2) is 7.95. The smallest absolute Gasteiger partial charge is 0.224 e. The number of carbonyl (C=O) groups is 2. The van der Waals surface area contributed by atoms with E-state index in [9.17, 15) is 14.0 Å². The van der Waals surface area contributed by atoms with Crippen molar-refractivity contribution in [3.05, 3.63) is 35.6 Å². The standard InChI is InChI=1S/C19H25FN2O3/c1-25-11-13-9-19(24)22-17-10-15(6-7-16(13)17)21-18(23)8-12-2-4-14(20)5-3-12/h2-5,13,15-17H,6-11H2,1H3,(H,21,23)(H,22,24). The number of carbonyl (C=O) groups excluding carboxylic acids is 2. The molecule has 0 spiro atoms. The molecular formula is C19H25FN2O3. The maximum atomic E-state index is 12.9. The zero-order chi connectivity index (χ0) is 17.8. The van der Waals surface area contributed by atoms with Gasteiger partial charge in [-0.25, -0.2) is 4.39 Å². The van der Waals surface area contributed by atoms with Crippen LogP contribution in [0.15, 0.2) is 24.3 Å². The largest absolute Gasteiger partial charge is 0.384 e. The van der Waals surface area contributed by atoms with Crippen LogP contribution in [-0.4, -0.2) is 37.6 Å². The summed E-state index contributed by atoms with van der Waals surface area (Å²) in [5.41, 5.74) is 0.790. The number of nitrogens with one attached hydrogen (secondary N) is 2. The van der Waals surface area contributed by atoms with Crippen LogP contribution in [0.25, 0.3) is 0 Å². The number of halogens is 1. The summed E-state index contributed by atoms with van der Waals surface area (Å²) in [4.78, 5) is 24.2. The minimum Gasteiger partial charge on any atom is -0.384 e. The summed E-state index contributed by atoms with van der Waals surface area (Å²) in [5, 5.41) is 6.14. The van der Waals surface area contributed by atoms with Crippen molar-refractivity contribution >= 4 is 11.8 Å². The second-order valence-corrected chi connectivity index (χ2v) is 7.14. The van der Waals surface area contributed by atoms with Crippen molar-refractivity contribution in [3.8, 4) is 0 Å². The summed E-state index contributed by atoms with van der Waals surface area (Å²) < 4.78 is 18.2. The zero-order valence-corrected chi connectivity index (χ0v) is 14.5. The summed E-state index contributed by atoms with van der Waals surface area (Å²) in [5.74, 6) is 0.385. The molecule has 2 fully saturated rings. The van der Waals surface area contributed by atoms with Crippen LogP contribution in [0.5, 0.6) is 0 Å². The van der Waals surface area contributed by atoms with E-state index in [0.717, 1.165) is 24.8 Å². The van der Waals surface area contributed by atoms with Gasteiger partial charge in [0.05, 0.1) is 6.42 Å². The lowest BCUT2D eigenvalue weighted by molar-refractivity contribution is -0.128. The first-order chi connectivity index (χ1) is 12.0. The van der Waals surface area contributed by atoms with E-state index in [1.807, 2.05) is 0 Å². The fourth-order valence-corrected chi connectivity index (χ4v) is 4.17. The maximum Gasteiger partial charge on any atom is 0.224 e. The first-order valence-electron chi connectivity index (χ1n) is 8.87. The number of hydrogen-bond acceptors (Lipinski definition) is 3. The van der Waals surface area contributed by atoms with Crippen molar-refractivity contribution in [2.75, 3.05) is 13.7 Å². The third-order valence-corrected chi connectivity index (χ3v) is 5.33. The lowest BCUT2D eigenvalue weighted by Crippen LogP contribution is -2.56. The van der Waals surface area contributed by atoms with Crippen LogP contribution in [0.4, 0.5) is 4.39 Å². The molecule has 2 aliphatic rings. The summed E-state index contributed by atoms with van der Waals surface area (Å²) in [7, 11) is 1.67. The monoisotopic (exact) mass is 348 g/mol. The lowest BCUT2D eigenvalue weighted by atomic mass is 9.71. The number of rotatable bonds is 5. The Hall–Kier alpha value is -1.95. The molecule has 2 amide bonds. The molecule has 0 radical (unpaired) electrons. The third kappa shape index (κ3) is 4.57. The number of benzene rings is 1. The molecule has 2 N–H and O–H groups in total. The van der Waals surface area contributed by atoms with Crippen LogP contribution in [0.1, 0.15) is 31.2 Å². The highest BCUT2D eigenvalue weighted by Crippen LogP contribution is 2.35. The maximum absolute atomic E-state index is 12.9. The Morgan fingerprint density at radius 2 is 2.08 bits per heavy atom. The van der Waals surface area contributed by atoms with Crippen LogP contribution >= 0.6 is 0 Å². The van der Waals surface area contributed by atoms with Gasteiger partial charge in [0.2, 0.25) is 11.8 Å². The number of piperidine rings is 1. The van der Waals surface area contributed by atoms with Crippen LogP contribution in [0.2, 0.25) is 0 Å². The molecule has 0 aromatic heterocycles. The number of ether oxygens (including phenoxy) is 1. The molecule has 25 heavy (non-hydrogen) atoms. The molecule has 1 aliphatic carbocycles. The average molecular weight is 348 g/mol. The van der Waals surface area contributed by atoms with Gasteiger partial charge in [-0.3, -0.25) is 9.59 Å². The Morgan fingerprint density at radius 3 is 2.80 bits per heavy atom. The second-order valence-electron chi connectivity index (χ2n) is 7.14. The highest BCUT2D eigenvalue weighted by molar-refractivity contribution is 5.79. The molecule has 1 heterocycles. The van der Waals surface area contributed by atoms with Crippen LogP contribution in [0.3, 0.4) is 0 Å². The van der Waals surface area contributed by atoms with Gasteiger partial charge in [0.15, 0.2) is 0 Å². The Kier molecular flexibility index (Phi) is 5.68. The highest BCUT2D eigenvalue weighted by atomic mass is 19.1. The summed E-state index contributed by atoms with van der Waals surface area (Å²) in [6, 6.07) is 6.15. The summed E-state index contributed by atoms with van der Waals surface area (Å²) in [6.45, 7) is 0.607. The molecule has 136 valence electrons. The van der Waals surface area contributed by atoms with Gasteiger partial charge in [0, 0.05) is 32.2 Å². The van der Waals surface area contributed by atoms with Crippen molar-refractivity contribution in [1.29, 1.82) is 0 Å². The Labute approximate surface area is 147 Å².